The van der Waals surface area contributed by atoms with Gasteiger partial charge in [-0.3, -0.25) is 10.1 Å². The van der Waals surface area contributed by atoms with E-state index < -0.39 is 4.92 Å². The number of benzene rings is 1. The van der Waals surface area contributed by atoms with Gasteiger partial charge in [0.05, 0.1) is 16.6 Å². The van der Waals surface area contributed by atoms with Crippen LogP contribution in [0.1, 0.15) is 18.4 Å². The van der Waals surface area contributed by atoms with Crippen LogP contribution in [-0.4, -0.2) is 43.6 Å². The summed E-state index contributed by atoms with van der Waals surface area (Å²) in [7, 11) is 4.00. The third kappa shape index (κ3) is 3.70. The molecule has 0 unspecified atom stereocenters. The molecule has 21 heavy (non-hydrogen) atoms. The quantitative estimate of drug-likeness (QED) is 0.627. The first-order valence-corrected chi connectivity index (χ1v) is 7.09. The van der Waals surface area contributed by atoms with Gasteiger partial charge < -0.3 is 9.80 Å². The van der Waals surface area contributed by atoms with E-state index in [0.29, 0.717) is 17.2 Å². The summed E-state index contributed by atoms with van der Waals surface area (Å²) in [6.45, 7) is 2.96. The second kappa shape index (κ2) is 6.55. The van der Waals surface area contributed by atoms with Crippen molar-refractivity contribution in [3.05, 3.63) is 33.9 Å². The van der Waals surface area contributed by atoms with Crippen molar-refractivity contribution in [3.8, 4) is 6.07 Å². The van der Waals surface area contributed by atoms with Crippen molar-refractivity contribution in [2.75, 3.05) is 38.6 Å². The smallest absolute Gasteiger partial charge is 0.293 e. The van der Waals surface area contributed by atoms with Gasteiger partial charge in [0.15, 0.2) is 0 Å². The summed E-state index contributed by atoms with van der Waals surface area (Å²) in [5, 5.41) is 20.1. The molecule has 1 heterocycles. The van der Waals surface area contributed by atoms with E-state index in [1.54, 1.807) is 12.1 Å². The Balaban J connectivity index is 2.13. The average molecular weight is 288 g/mol. The van der Waals surface area contributed by atoms with Crippen molar-refractivity contribution in [1.82, 2.24) is 4.90 Å². The Hall–Kier alpha value is -2.13. The van der Waals surface area contributed by atoms with Crippen molar-refractivity contribution >= 4 is 11.4 Å². The van der Waals surface area contributed by atoms with E-state index in [1.807, 2.05) is 18.0 Å². The number of piperidine rings is 1. The zero-order valence-corrected chi connectivity index (χ0v) is 12.5. The van der Waals surface area contributed by atoms with E-state index in [4.69, 9.17) is 5.26 Å². The summed E-state index contributed by atoms with van der Waals surface area (Å²) in [5.41, 5.74) is 0.903. The van der Waals surface area contributed by atoms with Crippen LogP contribution >= 0.6 is 0 Å². The normalized spacial score (nSPS) is 16.4. The molecule has 1 aromatic rings. The highest BCUT2D eigenvalue weighted by Gasteiger charge is 2.22. The predicted octanol–water partition coefficient (Wildman–Crippen LogP) is 2.24. The van der Waals surface area contributed by atoms with Gasteiger partial charge in [-0.2, -0.15) is 5.26 Å². The molecule has 0 amide bonds. The van der Waals surface area contributed by atoms with Gasteiger partial charge in [0.2, 0.25) is 0 Å². The highest BCUT2D eigenvalue weighted by Crippen LogP contribution is 2.30. The van der Waals surface area contributed by atoms with E-state index in [9.17, 15) is 10.1 Å². The fourth-order valence-electron chi connectivity index (χ4n) is 2.79. The highest BCUT2D eigenvalue weighted by atomic mass is 16.6. The maximum atomic E-state index is 11.2. The molecule has 0 radical (unpaired) electrons. The summed E-state index contributed by atoms with van der Waals surface area (Å²) in [6.07, 6.45) is 2.23. The Bertz CT molecular complexity index is 559. The number of hydrogen-bond donors (Lipinski definition) is 0. The first-order chi connectivity index (χ1) is 10.0. The van der Waals surface area contributed by atoms with Crippen LogP contribution in [0.2, 0.25) is 0 Å². The standard InChI is InChI=1S/C15H20N4O2/c1-17-7-5-12(6-8-17)11-18(2)14-4-3-13(10-16)9-15(14)19(20)21/h3-4,9,12H,5-8,11H2,1-2H3. The van der Waals surface area contributed by atoms with Crippen LogP contribution in [0.15, 0.2) is 18.2 Å². The zero-order valence-electron chi connectivity index (χ0n) is 12.5. The Kier molecular flexibility index (Phi) is 4.76. The van der Waals surface area contributed by atoms with Crippen LogP contribution in [0, 0.1) is 27.4 Å². The van der Waals surface area contributed by atoms with Crippen molar-refractivity contribution in [2.24, 2.45) is 5.92 Å². The average Bonchev–Trinajstić information content (AvgIpc) is 2.48. The molecule has 0 N–H and O–H groups in total. The molecule has 0 aliphatic carbocycles. The topological polar surface area (TPSA) is 73.4 Å². The third-order valence-electron chi connectivity index (χ3n) is 4.08. The van der Waals surface area contributed by atoms with Crippen molar-refractivity contribution < 1.29 is 4.92 Å². The van der Waals surface area contributed by atoms with Crippen LogP contribution in [0.25, 0.3) is 0 Å². The minimum atomic E-state index is -0.415. The largest absolute Gasteiger partial charge is 0.369 e. The predicted molar refractivity (Wildman–Crippen MR) is 81.3 cm³/mol. The highest BCUT2D eigenvalue weighted by molar-refractivity contribution is 5.65. The summed E-state index contributed by atoms with van der Waals surface area (Å²) in [5.74, 6) is 0.557. The second-order valence-corrected chi connectivity index (χ2v) is 5.70. The molecule has 112 valence electrons. The van der Waals surface area contributed by atoms with E-state index in [0.717, 1.165) is 32.5 Å². The monoisotopic (exact) mass is 288 g/mol. The van der Waals surface area contributed by atoms with E-state index in [2.05, 4.69) is 11.9 Å². The van der Waals surface area contributed by atoms with Gasteiger partial charge in [-0.05, 0) is 51.0 Å². The lowest BCUT2D eigenvalue weighted by Crippen LogP contribution is -2.35. The van der Waals surface area contributed by atoms with Crippen molar-refractivity contribution in [3.63, 3.8) is 0 Å². The molecule has 0 aromatic heterocycles. The number of nitriles is 1. The molecule has 0 saturated carbocycles. The molecule has 1 aromatic carbocycles. The van der Waals surface area contributed by atoms with Gasteiger partial charge in [0, 0.05) is 19.7 Å². The molecule has 6 heteroatoms. The Morgan fingerprint density at radius 2 is 2.14 bits per heavy atom. The van der Waals surface area contributed by atoms with Gasteiger partial charge >= 0.3 is 0 Å². The van der Waals surface area contributed by atoms with Gasteiger partial charge in [-0.1, -0.05) is 0 Å². The number of likely N-dealkylation sites (tertiary alicyclic amines) is 1. The fourth-order valence-corrected chi connectivity index (χ4v) is 2.79. The van der Waals surface area contributed by atoms with Gasteiger partial charge in [-0.25, -0.2) is 0 Å². The maximum Gasteiger partial charge on any atom is 0.293 e. The molecule has 1 aliphatic heterocycles. The molecule has 2 rings (SSSR count). The molecule has 1 saturated heterocycles. The molecule has 1 fully saturated rings. The Labute approximate surface area is 124 Å². The lowest BCUT2D eigenvalue weighted by Gasteiger charge is -2.32. The van der Waals surface area contributed by atoms with Crippen molar-refractivity contribution in [2.45, 2.75) is 12.8 Å². The Morgan fingerprint density at radius 1 is 1.48 bits per heavy atom. The molecule has 6 nitrogen and oxygen atoms in total. The van der Waals surface area contributed by atoms with Crippen LogP contribution in [0.5, 0.6) is 0 Å². The third-order valence-corrected chi connectivity index (χ3v) is 4.08. The zero-order chi connectivity index (χ0) is 15.4. The molecule has 0 atom stereocenters. The molecule has 1 aliphatic rings. The first kappa shape index (κ1) is 15.3. The van der Waals surface area contributed by atoms with Gasteiger partial charge in [0.1, 0.15) is 5.69 Å². The number of nitro groups is 1. The lowest BCUT2D eigenvalue weighted by atomic mass is 9.96. The van der Waals surface area contributed by atoms with Crippen LogP contribution < -0.4 is 4.90 Å². The SMILES string of the molecule is CN1CCC(CN(C)c2ccc(C#N)cc2[N+](=O)[O-])CC1. The van der Waals surface area contributed by atoms with Crippen molar-refractivity contribution in [1.29, 1.82) is 5.26 Å². The van der Waals surface area contributed by atoms with Crippen LogP contribution in [0.4, 0.5) is 11.4 Å². The van der Waals surface area contributed by atoms with E-state index >= 15 is 0 Å². The molecule has 0 spiro atoms. The Morgan fingerprint density at radius 3 is 2.71 bits per heavy atom. The number of hydrogen-bond acceptors (Lipinski definition) is 5. The maximum absolute atomic E-state index is 11.2. The number of rotatable bonds is 4. The summed E-state index contributed by atoms with van der Waals surface area (Å²) in [6, 6.07) is 6.60. The summed E-state index contributed by atoms with van der Waals surface area (Å²) < 4.78 is 0. The van der Waals surface area contributed by atoms with E-state index in [1.165, 1.54) is 6.07 Å². The number of nitro benzene ring substituents is 1. The molecule has 0 bridgehead atoms. The minimum Gasteiger partial charge on any atom is -0.369 e. The van der Waals surface area contributed by atoms with Gasteiger partial charge in [0.25, 0.3) is 5.69 Å². The van der Waals surface area contributed by atoms with Crippen LogP contribution in [-0.2, 0) is 0 Å². The molecular formula is C15H20N4O2. The molecular weight excluding hydrogens is 268 g/mol. The number of anilines is 1. The van der Waals surface area contributed by atoms with Crippen LogP contribution in [0.3, 0.4) is 0 Å². The first-order valence-electron chi connectivity index (χ1n) is 7.09. The number of nitrogens with zero attached hydrogens (tertiary/aromatic N) is 4. The fraction of sp³-hybridized carbons (Fsp3) is 0.533. The summed E-state index contributed by atoms with van der Waals surface area (Å²) >= 11 is 0. The summed E-state index contributed by atoms with van der Waals surface area (Å²) in [4.78, 5) is 15.0. The minimum absolute atomic E-state index is 0.00415. The lowest BCUT2D eigenvalue weighted by molar-refractivity contribution is -0.384. The van der Waals surface area contributed by atoms with E-state index in [-0.39, 0.29) is 5.69 Å². The second-order valence-electron chi connectivity index (χ2n) is 5.70. The van der Waals surface area contributed by atoms with Gasteiger partial charge in [-0.15, -0.1) is 0 Å².